The lowest BCUT2D eigenvalue weighted by Crippen LogP contribution is -2.03. The molecule has 2 aromatic heterocycles. The van der Waals surface area contributed by atoms with Gasteiger partial charge in [0.05, 0.1) is 12.2 Å². The molecule has 0 amide bonds. The lowest BCUT2D eigenvalue weighted by Gasteiger charge is -2.03. The van der Waals surface area contributed by atoms with Gasteiger partial charge in [-0.1, -0.05) is 6.07 Å². The Balaban J connectivity index is 2.24. The molecule has 0 spiro atoms. The van der Waals surface area contributed by atoms with Crippen molar-refractivity contribution in [1.82, 2.24) is 14.8 Å². The van der Waals surface area contributed by atoms with E-state index >= 15 is 0 Å². The molecule has 0 aliphatic heterocycles. The van der Waals surface area contributed by atoms with Gasteiger partial charge in [0.1, 0.15) is 0 Å². The molecule has 3 nitrogen and oxygen atoms in total. The fourth-order valence-corrected chi connectivity index (χ4v) is 1.23. The predicted molar refractivity (Wildman–Crippen MR) is 50.3 cm³/mol. The van der Waals surface area contributed by atoms with Gasteiger partial charge in [0, 0.05) is 18.6 Å². The van der Waals surface area contributed by atoms with Crippen LogP contribution >= 0.6 is 0 Å². The van der Waals surface area contributed by atoms with Crippen molar-refractivity contribution in [2.45, 2.75) is 13.5 Å². The largest absolute Gasteiger partial charge is 0.267 e. The minimum absolute atomic E-state index is 0.750. The van der Waals surface area contributed by atoms with Crippen LogP contribution in [0.5, 0.6) is 0 Å². The summed E-state index contributed by atoms with van der Waals surface area (Å²) in [6.07, 6.45) is 5.53. The van der Waals surface area contributed by atoms with Crippen LogP contribution in [0.3, 0.4) is 0 Å². The monoisotopic (exact) mass is 173 g/mol. The summed E-state index contributed by atoms with van der Waals surface area (Å²) in [6, 6.07) is 5.92. The van der Waals surface area contributed by atoms with Crippen LogP contribution in [0, 0.1) is 6.92 Å². The van der Waals surface area contributed by atoms with Gasteiger partial charge < -0.3 is 0 Å². The van der Waals surface area contributed by atoms with Crippen LogP contribution in [-0.2, 0) is 6.54 Å². The van der Waals surface area contributed by atoms with Crippen molar-refractivity contribution in [1.29, 1.82) is 0 Å². The Bertz CT molecular complexity index is 379. The summed E-state index contributed by atoms with van der Waals surface area (Å²) >= 11 is 0. The van der Waals surface area contributed by atoms with E-state index in [1.165, 1.54) is 5.56 Å². The van der Waals surface area contributed by atoms with E-state index in [0.717, 1.165) is 12.2 Å². The van der Waals surface area contributed by atoms with Gasteiger partial charge in [-0.2, -0.15) is 5.10 Å². The van der Waals surface area contributed by atoms with E-state index in [1.54, 1.807) is 6.20 Å². The van der Waals surface area contributed by atoms with Gasteiger partial charge in [0.15, 0.2) is 0 Å². The number of pyridine rings is 1. The van der Waals surface area contributed by atoms with E-state index in [1.807, 2.05) is 29.2 Å². The second kappa shape index (κ2) is 3.39. The second-order valence-electron chi connectivity index (χ2n) is 2.97. The van der Waals surface area contributed by atoms with Crippen LogP contribution in [0.4, 0.5) is 0 Å². The van der Waals surface area contributed by atoms with Crippen molar-refractivity contribution < 1.29 is 0 Å². The quantitative estimate of drug-likeness (QED) is 0.691. The summed E-state index contributed by atoms with van der Waals surface area (Å²) < 4.78 is 1.87. The first-order valence-electron chi connectivity index (χ1n) is 4.24. The molecule has 2 rings (SSSR count). The Labute approximate surface area is 77.0 Å². The zero-order valence-corrected chi connectivity index (χ0v) is 7.51. The summed E-state index contributed by atoms with van der Waals surface area (Å²) in [4.78, 5) is 4.29. The highest BCUT2D eigenvalue weighted by atomic mass is 15.3. The smallest absolute Gasteiger partial charge is 0.0833 e. The molecule has 0 radical (unpaired) electrons. The van der Waals surface area contributed by atoms with E-state index in [9.17, 15) is 0 Å². The van der Waals surface area contributed by atoms with Gasteiger partial charge in [-0.05, 0) is 24.6 Å². The Hall–Kier alpha value is -1.64. The molecule has 0 fully saturated rings. The molecule has 0 aliphatic carbocycles. The zero-order chi connectivity index (χ0) is 9.10. The van der Waals surface area contributed by atoms with Crippen molar-refractivity contribution in [2.24, 2.45) is 0 Å². The summed E-state index contributed by atoms with van der Waals surface area (Å²) in [5.41, 5.74) is 2.28. The second-order valence-corrected chi connectivity index (χ2v) is 2.97. The number of hydrogen-bond acceptors (Lipinski definition) is 2. The standard InChI is InChI=1S/C10H11N3/c1-9-4-2-5-11-10(9)8-13-7-3-6-12-13/h2-7H,8H2,1H3. The minimum Gasteiger partial charge on any atom is -0.267 e. The average Bonchev–Trinajstić information content (AvgIpc) is 2.61. The van der Waals surface area contributed by atoms with Crippen LogP contribution in [-0.4, -0.2) is 14.8 Å². The molecule has 2 heterocycles. The summed E-state index contributed by atoms with van der Waals surface area (Å²) in [7, 11) is 0. The molecule has 0 N–H and O–H groups in total. The van der Waals surface area contributed by atoms with Crippen molar-refractivity contribution in [3.8, 4) is 0 Å². The van der Waals surface area contributed by atoms with Crippen molar-refractivity contribution >= 4 is 0 Å². The molecular formula is C10H11N3. The summed E-state index contributed by atoms with van der Waals surface area (Å²) in [6.45, 7) is 2.81. The fourth-order valence-electron chi connectivity index (χ4n) is 1.23. The SMILES string of the molecule is Cc1cccnc1Cn1cccn1. The van der Waals surface area contributed by atoms with Crippen LogP contribution in [0.15, 0.2) is 36.8 Å². The van der Waals surface area contributed by atoms with Gasteiger partial charge in [0.2, 0.25) is 0 Å². The molecule has 0 aromatic carbocycles. The number of nitrogens with zero attached hydrogens (tertiary/aromatic N) is 3. The summed E-state index contributed by atoms with van der Waals surface area (Å²) in [5, 5.41) is 4.13. The maximum absolute atomic E-state index is 4.29. The van der Waals surface area contributed by atoms with E-state index in [-0.39, 0.29) is 0 Å². The lowest BCUT2D eigenvalue weighted by atomic mass is 10.2. The third-order valence-corrected chi connectivity index (χ3v) is 1.99. The Morgan fingerprint density at radius 3 is 2.92 bits per heavy atom. The van der Waals surface area contributed by atoms with Gasteiger partial charge >= 0.3 is 0 Å². The maximum Gasteiger partial charge on any atom is 0.0833 e. The van der Waals surface area contributed by atoms with Gasteiger partial charge in [0.25, 0.3) is 0 Å². The molecule has 3 heteroatoms. The molecule has 0 saturated carbocycles. The van der Waals surface area contributed by atoms with Gasteiger partial charge in [-0.3, -0.25) is 9.67 Å². The molecule has 0 unspecified atom stereocenters. The number of aryl methyl sites for hydroxylation is 1. The first kappa shape index (κ1) is 7.98. The highest BCUT2D eigenvalue weighted by Crippen LogP contribution is 2.04. The highest BCUT2D eigenvalue weighted by Gasteiger charge is 1.98. The molecule has 0 saturated heterocycles. The molecule has 0 bridgehead atoms. The van der Waals surface area contributed by atoms with E-state index in [4.69, 9.17) is 0 Å². The first-order chi connectivity index (χ1) is 6.36. The summed E-state index contributed by atoms with van der Waals surface area (Å²) in [5.74, 6) is 0. The molecule has 13 heavy (non-hydrogen) atoms. The number of rotatable bonds is 2. The minimum atomic E-state index is 0.750. The average molecular weight is 173 g/mol. The number of aromatic nitrogens is 3. The molecule has 66 valence electrons. The van der Waals surface area contributed by atoms with Crippen LogP contribution in [0.1, 0.15) is 11.3 Å². The molecule has 0 atom stereocenters. The Morgan fingerprint density at radius 1 is 1.31 bits per heavy atom. The Morgan fingerprint density at radius 2 is 2.23 bits per heavy atom. The van der Waals surface area contributed by atoms with Crippen LogP contribution in [0.2, 0.25) is 0 Å². The third kappa shape index (κ3) is 1.75. The van der Waals surface area contributed by atoms with E-state index in [0.29, 0.717) is 0 Å². The lowest BCUT2D eigenvalue weighted by molar-refractivity contribution is 0.669. The van der Waals surface area contributed by atoms with Crippen LogP contribution < -0.4 is 0 Å². The molecular weight excluding hydrogens is 162 g/mol. The van der Waals surface area contributed by atoms with Crippen molar-refractivity contribution in [2.75, 3.05) is 0 Å². The maximum atomic E-state index is 4.29. The fraction of sp³-hybridized carbons (Fsp3) is 0.200. The highest BCUT2D eigenvalue weighted by molar-refractivity contribution is 5.17. The van der Waals surface area contributed by atoms with Crippen molar-refractivity contribution in [3.05, 3.63) is 48.0 Å². The van der Waals surface area contributed by atoms with Crippen LogP contribution in [0.25, 0.3) is 0 Å². The normalized spacial score (nSPS) is 10.2. The van der Waals surface area contributed by atoms with Gasteiger partial charge in [-0.15, -0.1) is 0 Å². The zero-order valence-electron chi connectivity index (χ0n) is 7.51. The first-order valence-corrected chi connectivity index (χ1v) is 4.24. The van der Waals surface area contributed by atoms with E-state index < -0.39 is 0 Å². The molecule has 0 aliphatic rings. The van der Waals surface area contributed by atoms with Gasteiger partial charge in [-0.25, -0.2) is 0 Å². The number of hydrogen-bond donors (Lipinski definition) is 0. The Kier molecular flexibility index (Phi) is 2.08. The third-order valence-electron chi connectivity index (χ3n) is 1.99. The predicted octanol–water partition coefficient (Wildman–Crippen LogP) is 1.63. The van der Waals surface area contributed by atoms with E-state index in [2.05, 4.69) is 23.1 Å². The topological polar surface area (TPSA) is 30.7 Å². The molecule has 2 aromatic rings. The van der Waals surface area contributed by atoms with Crippen molar-refractivity contribution in [3.63, 3.8) is 0 Å².